The molecule has 102 valence electrons. The number of benzene rings is 1. The molecular formula is C14H16BrNO3. The van der Waals surface area contributed by atoms with Crippen molar-refractivity contribution < 1.29 is 13.9 Å². The van der Waals surface area contributed by atoms with Crippen LogP contribution in [0.3, 0.4) is 0 Å². The van der Waals surface area contributed by atoms with Crippen molar-refractivity contribution in [2.75, 3.05) is 25.1 Å². The molecule has 0 fully saturated rings. The van der Waals surface area contributed by atoms with Gasteiger partial charge in [-0.1, -0.05) is 27.6 Å². The quantitative estimate of drug-likeness (QED) is 0.656. The van der Waals surface area contributed by atoms with E-state index in [4.69, 9.17) is 9.15 Å². The molecule has 5 heteroatoms. The third-order valence-electron chi connectivity index (χ3n) is 2.65. The lowest BCUT2D eigenvalue weighted by molar-refractivity contribution is 0.0899. The van der Waals surface area contributed by atoms with Crippen LogP contribution in [0.25, 0.3) is 11.0 Å². The number of alkyl halides is 1. The third-order valence-corrected chi connectivity index (χ3v) is 2.97. The van der Waals surface area contributed by atoms with Gasteiger partial charge in [-0.2, -0.15) is 0 Å². The summed E-state index contributed by atoms with van der Waals surface area (Å²) in [7, 11) is 0. The molecule has 1 aromatic heterocycles. The molecule has 1 N–H and O–H groups in total. The number of furan rings is 1. The van der Waals surface area contributed by atoms with Crippen molar-refractivity contribution in [1.29, 1.82) is 0 Å². The minimum Gasteiger partial charge on any atom is -0.451 e. The summed E-state index contributed by atoms with van der Waals surface area (Å²) in [6.45, 7) is 3.62. The van der Waals surface area contributed by atoms with Crippen LogP contribution < -0.4 is 5.32 Å². The number of nitrogens with one attached hydrogen (secondary N) is 1. The van der Waals surface area contributed by atoms with E-state index in [0.717, 1.165) is 21.9 Å². The van der Waals surface area contributed by atoms with Crippen LogP contribution in [0.15, 0.2) is 28.7 Å². The number of hydrogen-bond acceptors (Lipinski definition) is 3. The van der Waals surface area contributed by atoms with Crippen LogP contribution in [0.5, 0.6) is 0 Å². The van der Waals surface area contributed by atoms with Crippen LogP contribution in [0, 0.1) is 6.92 Å². The summed E-state index contributed by atoms with van der Waals surface area (Å²) in [6.07, 6.45) is 0. The number of aryl methyl sites for hydroxylation is 1. The summed E-state index contributed by atoms with van der Waals surface area (Å²) >= 11 is 3.27. The number of halogens is 1. The van der Waals surface area contributed by atoms with E-state index in [2.05, 4.69) is 21.2 Å². The van der Waals surface area contributed by atoms with Gasteiger partial charge >= 0.3 is 0 Å². The number of carbonyl (C=O) groups excluding carboxylic acids is 1. The van der Waals surface area contributed by atoms with Gasteiger partial charge in [-0.15, -0.1) is 0 Å². The Morgan fingerprint density at radius 1 is 1.37 bits per heavy atom. The molecule has 0 aliphatic heterocycles. The van der Waals surface area contributed by atoms with E-state index in [9.17, 15) is 4.79 Å². The first kappa shape index (κ1) is 14.1. The Bertz CT molecular complexity index is 565. The van der Waals surface area contributed by atoms with E-state index >= 15 is 0 Å². The lowest BCUT2D eigenvalue weighted by atomic mass is 10.2. The first-order valence-electron chi connectivity index (χ1n) is 6.13. The maximum Gasteiger partial charge on any atom is 0.287 e. The van der Waals surface area contributed by atoms with E-state index in [1.54, 1.807) is 6.07 Å². The Balaban J connectivity index is 1.94. The van der Waals surface area contributed by atoms with Gasteiger partial charge in [-0.05, 0) is 25.1 Å². The fourth-order valence-corrected chi connectivity index (χ4v) is 1.98. The average molecular weight is 326 g/mol. The summed E-state index contributed by atoms with van der Waals surface area (Å²) in [4.78, 5) is 11.9. The minimum atomic E-state index is -0.212. The Morgan fingerprint density at radius 3 is 3.00 bits per heavy atom. The molecule has 4 nitrogen and oxygen atoms in total. The lowest BCUT2D eigenvalue weighted by Crippen LogP contribution is -2.27. The van der Waals surface area contributed by atoms with Gasteiger partial charge in [0.25, 0.3) is 5.91 Å². The SMILES string of the molecule is Cc1ccc2oc(C(=O)NCCOCCBr)cc2c1. The maximum absolute atomic E-state index is 11.9. The maximum atomic E-state index is 11.9. The Hall–Kier alpha value is -1.33. The van der Waals surface area contributed by atoms with E-state index < -0.39 is 0 Å². The summed E-state index contributed by atoms with van der Waals surface area (Å²) in [6, 6.07) is 7.59. The minimum absolute atomic E-state index is 0.212. The molecular weight excluding hydrogens is 310 g/mol. The molecule has 0 saturated heterocycles. The Kier molecular flexibility index (Phi) is 4.99. The first-order valence-corrected chi connectivity index (χ1v) is 7.25. The van der Waals surface area contributed by atoms with Gasteiger partial charge in [0.05, 0.1) is 13.2 Å². The van der Waals surface area contributed by atoms with Crippen LogP contribution in [0.1, 0.15) is 16.1 Å². The number of ether oxygens (including phenoxy) is 1. The molecule has 0 bridgehead atoms. The van der Waals surface area contributed by atoms with E-state index in [0.29, 0.717) is 25.5 Å². The monoisotopic (exact) mass is 325 g/mol. The molecule has 2 rings (SSSR count). The zero-order chi connectivity index (χ0) is 13.7. The average Bonchev–Trinajstić information content (AvgIpc) is 2.81. The van der Waals surface area contributed by atoms with E-state index in [-0.39, 0.29) is 5.91 Å². The smallest absolute Gasteiger partial charge is 0.287 e. The van der Waals surface area contributed by atoms with Gasteiger partial charge in [-0.3, -0.25) is 4.79 Å². The highest BCUT2D eigenvalue weighted by Crippen LogP contribution is 2.20. The standard InChI is InChI=1S/C14H16BrNO3/c1-10-2-3-12-11(8-10)9-13(19-12)14(17)16-5-7-18-6-4-15/h2-3,8-9H,4-7H2,1H3,(H,16,17). The second-order valence-corrected chi connectivity index (χ2v) is 5.00. The molecule has 0 saturated carbocycles. The number of rotatable bonds is 6. The molecule has 0 atom stereocenters. The highest BCUT2D eigenvalue weighted by atomic mass is 79.9. The fourth-order valence-electron chi connectivity index (χ4n) is 1.76. The molecule has 1 heterocycles. The lowest BCUT2D eigenvalue weighted by Gasteiger charge is -2.03. The van der Waals surface area contributed by atoms with Gasteiger partial charge < -0.3 is 14.5 Å². The molecule has 0 aliphatic rings. The summed E-state index contributed by atoms with van der Waals surface area (Å²) in [5.41, 5.74) is 1.87. The molecule has 0 aliphatic carbocycles. The Morgan fingerprint density at radius 2 is 2.21 bits per heavy atom. The van der Waals surface area contributed by atoms with E-state index in [1.165, 1.54) is 0 Å². The van der Waals surface area contributed by atoms with Gasteiger partial charge in [0.2, 0.25) is 0 Å². The van der Waals surface area contributed by atoms with Crippen LogP contribution in [0.4, 0.5) is 0 Å². The largest absolute Gasteiger partial charge is 0.451 e. The predicted octanol–water partition coefficient (Wildman–Crippen LogP) is 2.88. The van der Waals surface area contributed by atoms with E-state index in [1.807, 2.05) is 25.1 Å². The van der Waals surface area contributed by atoms with Crippen molar-refractivity contribution in [3.8, 4) is 0 Å². The molecule has 0 radical (unpaired) electrons. The van der Waals surface area contributed by atoms with Gasteiger partial charge in [0.15, 0.2) is 5.76 Å². The normalized spacial score (nSPS) is 10.8. The van der Waals surface area contributed by atoms with Crippen molar-refractivity contribution in [2.45, 2.75) is 6.92 Å². The first-order chi connectivity index (χ1) is 9.20. The van der Waals surface area contributed by atoms with Crippen LogP contribution in [0.2, 0.25) is 0 Å². The number of carbonyl (C=O) groups is 1. The molecule has 2 aromatic rings. The predicted molar refractivity (Wildman–Crippen MR) is 77.9 cm³/mol. The fraction of sp³-hybridized carbons (Fsp3) is 0.357. The van der Waals surface area contributed by atoms with Crippen molar-refractivity contribution in [3.63, 3.8) is 0 Å². The van der Waals surface area contributed by atoms with Crippen molar-refractivity contribution in [2.24, 2.45) is 0 Å². The van der Waals surface area contributed by atoms with Crippen LogP contribution in [-0.2, 0) is 4.74 Å². The summed E-state index contributed by atoms with van der Waals surface area (Å²) in [5, 5.41) is 4.50. The van der Waals surface area contributed by atoms with Crippen LogP contribution in [-0.4, -0.2) is 31.0 Å². The van der Waals surface area contributed by atoms with Gasteiger partial charge in [0.1, 0.15) is 5.58 Å². The number of hydrogen-bond donors (Lipinski definition) is 1. The molecule has 1 aromatic carbocycles. The molecule has 0 unspecified atom stereocenters. The number of fused-ring (bicyclic) bond motifs is 1. The zero-order valence-electron chi connectivity index (χ0n) is 10.7. The van der Waals surface area contributed by atoms with Crippen molar-refractivity contribution in [3.05, 3.63) is 35.6 Å². The molecule has 1 amide bonds. The van der Waals surface area contributed by atoms with Gasteiger partial charge in [0, 0.05) is 17.3 Å². The topological polar surface area (TPSA) is 51.5 Å². The molecule has 0 spiro atoms. The summed E-state index contributed by atoms with van der Waals surface area (Å²) < 4.78 is 10.8. The van der Waals surface area contributed by atoms with Crippen molar-refractivity contribution in [1.82, 2.24) is 5.32 Å². The van der Waals surface area contributed by atoms with Gasteiger partial charge in [-0.25, -0.2) is 0 Å². The second-order valence-electron chi connectivity index (χ2n) is 4.21. The molecule has 19 heavy (non-hydrogen) atoms. The highest BCUT2D eigenvalue weighted by Gasteiger charge is 2.11. The third kappa shape index (κ3) is 3.81. The van der Waals surface area contributed by atoms with Crippen LogP contribution >= 0.6 is 15.9 Å². The van der Waals surface area contributed by atoms with Crippen molar-refractivity contribution >= 4 is 32.8 Å². The second kappa shape index (κ2) is 6.73. The highest BCUT2D eigenvalue weighted by molar-refractivity contribution is 9.09. The Labute approximate surface area is 120 Å². The number of amides is 1. The zero-order valence-corrected chi connectivity index (χ0v) is 12.3. The summed E-state index contributed by atoms with van der Waals surface area (Å²) in [5.74, 6) is 0.123.